The van der Waals surface area contributed by atoms with Crippen molar-refractivity contribution in [2.24, 2.45) is 5.92 Å². The van der Waals surface area contributed by atoms with Crippen molar-refractivity contribution in [3.05, 3.63) is 57.0 Å². The van der Waals surface area contributed by atoms with Crippen LogP contribution in [-0.4, -0.2) is 62.8 Å². The van der Waals surface area contributed by atoms with Crippen LogP contribution < -0.4 is 4.90 Å². The zero-order valence-corrected chi connectivity index (χ0v) is 21.4. The van der Waals surface area contributed by atoms with Crippen LogP contribution in [0.2, 0.25) is 15.1 Å². The SMILES string of the molecule is Cc1ccc(Cl)cc1N1CCN(C(=O)[C@@H]2CCCN(S(=O)(=O)c3cc(Cl)ccc3Cl)C2)CC1. The van der Waals surface area contributed by atoms with Gasteiger partial charge in [0.15, 0.2) is 0 Å². The predicted octanol–water partition coefficient (Wildman–Crippen LogP) is 4.70. The molecule has 0 radical (unpaired) electrons. The number of rotatable bonds is 4. The molecule has 6 nitrogen and oxygen atoms in total. The van der Waals surface area contributed by atoms with Gasteiger partial charge in [0.25, 0.3) is 0 Å². The summed E-state index contributed by atoms with van der Waals surface area (Å²) in [6, 6.07) is 10.2. The molecule has 1 atom stereocenters. The van der Waals surface area contributed by atoms with Crippen LogP contribution in [0.5, 0.6) is 0 Å². The van der Waals surface area contributed by atoms with Crippen molar-refractivity contribution in [3.63, 3.8) is 0 Å². The molecule has 178 valence electrons. The summed E-state index contributed by atoms with van der Waals surface area (Å²) in [5.74, 6) is -0.361. The van der Waals surface area contributed by atoms with Crippen molar-refractivity contribution < 1.29 is 13.2 Å². The second-order valence-corrected chi connectivity index (χ2v) is 11.7. The molecule has 0 saturated carbocycles. The molecule has 2 aliphatic heterocycles. The molecule has 4 rings (SSSR count). The summed E-state index contributed by atoms with van der Waals surface area (Å²) in [5, 5.41) is 1.12. The number of hydrogen-bond acceptors (Lipinski definition) is 4. The monoisotopic (exact) mass is 529 g/mol. The summed E-state index contributed by atoms with van der Waals surface area (Å²) in [4.78, 5) is 17.3. The molecule has 2 aliphatic rings. The first kappa shape index (κ1) is 24.6. The first-order valence-electron chi connectivity index (χ1n) is 10.9. The molecule has 1 amide bonds. The zero-order valence-electron chi connectivity index (χ0n) is 18.3. The van der Waals surface area contributed by atoms with Crippen LogP contribution in [0.25, 0.3) is 0 Å². The molecule has 10 heteroatoms. The number of hydrogen-bond donors (Lipinski definition) is 0. The molecular formula is C23H26Cl3N3O3S. The Hall–Kier alpha value is -1.51. The standard InChI is InChI=1S/C23H26Cl3N3O3S/c1-16-4-5-18(24)13-21(16)27-9-11-28(12-10-27)23(30)17-3-2-8-29(15-17)33(31,32)22-14-19(25)6-7-20(22)26/h4-7,13-14,17H,2-3,8-12,15H2,1H3/t17-/m1/s1. The Bertz CT molecular complexity index is 1150. The summed E-state index contributed by atoms with van der Waals surface area (Å²) in [6.45, 7) is 5.16. The zero-order chi connectivity index (χ0) is 23.8. The number of benzene rings is 2. The number of carbonyl (C=O) groups excluding carboxylic acids is 1. The maximum Gasteiger partial charge on any atom is 0.244 e. The number of piperidine rings is 1. The average Bonchev–Trinajstić information content (AvgIpc) is 2.82. The van der Waals surface area contributed by atoms with Crippen molar-refractivity contribution >= 4 is 56.4 Å². The van der Waals surface area contributed by atoms with Gasteiger partial charge < -0.3 is 9.80 Å². The highest BCUT2D eigenvalue weighted by molar-refractivity contribution is 7.89. The number of sulfonamides is 1. The average molecular weight is 531 g/mol. The van der Waals surface area contributed by atoms with Crippen molar-refractivity contribution in [3.8, 4) is 0 Å². The van der Waals surface area contributed by atoms with E-state index < -0.39 is 10.0 Å². The van der Waals surface area contributed by atoms with Crippen molar-refractivity contribution in [1.29, 1.82) is 0 Å². The van der Waals surface area contributed by atoms with Crippen molar-refractivity contribution in [2.45, 2.75) is 24.7 Å². The first-order valence-corrected chi connectivity index (χ1v) is 13.5. The number of nitrogens with zero attached hydrogens (tertiary/aromatic N) is 3. The van der Waals surface area contributed by atoms with Crippen LogP contribution in [0.1, 0.15) is 18.4 Å². The molecule has 0 aromatic heterocycles. The minimum absolute atomic E-state index is 0.00885. The number of halogens is 3. The number of anilines is 1. The summed E-state index contributed by atoms with van der Waals surface area (Å²) < 4.78 is 27.8. The van der Waals surface area contributed by atoms with E-state index in [1.54, 1.807) is 6.07 Å². The molecule has 2 fully saturated rings. The van der Waals surface area contributed by atoms with Gasteiger partial charge in [0.2, 0.25) is 15.9 Å². The Balaban J connectivity index is 1.42. The maximum absolute atomic E-state index is 13.3. The number of amides is 1. The van der Waals surface area contributed by atoms with Gasteiger partial charge in [0, 0.05) is 55.0 Å². The molecule has 0 spiro atoms. The van der Waals surface area contributed by atoms with E-state index in [9.17, 15) is 13.2 Å². The Morgan fingerprint density at radius 2 is 1.61 bits per heavy atom. The molecule has 2 aromatic rings. The third-order valence-electron chi connectivity index (χ3n) is 6.35. The lowest BCUT2D eigenvalue weighted by molar-refractivity contribution is -0.137. The van der Waals surface area contributed by atoms with E-state index in [2.05, 4.69) is 4.90 Å². The Labute approximate surface area is 210 Å². The van der Waals surface area contributed by atoms with Crippen molar-refractivity contribution in [2.75, 3.05) is 44.2 Å². The topological polar surface area (TPSA) is 60.9 Å². The fourth-order valence-corrected chi connectivity index (χ4v) is 6.95. The van der Waals surface area contributed by atoms with Gasteiger partial charge in [0.05, 0.1) is 10.9 Å². The first-order chi connectivity index (χ1) is 15.7. The highest BCUT2D eigenvalue weighted by Crippen LogP contribution is 2.31. The van der Waals surface area contributed by atoms with E-state index in [0.29, 0.717) is 55.6 Å². The fourth-order valence-electron chi connectivity index (χ4n) is 4.53. The molecule has 2 aromatic carbocycles. The lowest BCUT2D eigenvalue weighted by Gasteiger charge is -2.40. The smallest absolute Gasteiger partial charge is 0.244 e. The Kier molecular flexibility index (Phi) is 7.46. The number of piperazine rings is 1. The lowest BCUT2D eigenvalue weighted by Crippen LogP contribution is -2.53. The van der Waals surface area contributed by atoms with E-state index in [1.807, 2.05) is 30.0 Å². The summed E-state index contributed by atoms with van der Waals surface area (Å²) in [5.41, 5.74) is 2.23. The van der Waals surface area contributed by atoms with Crippen LogP contribution in [0, 0.1) is 12.8 Å². The lowest BCUT2D eigenvalue weighted by atomic mass is 9.97. The van der Waals surface area contributed by atoms with E-state index in [4.69, 9.17) is 34.8 Å². The number of aryl methyl sites for hydroxylation is 1. The van der Waals surface area contributed by atoms with Gasteiger partial charge in [-0.05, 0) is 55.7 Å². The molecule has 33 heavy (non-hydrogen) atoms. The van der Waals surface area contributed by atoms with Crippen molar-refractivity contribution in [1.82, 2.24) is 9.21 Å². The third kappa shape index (κ3) is 5.28. The Morgan fingerprint density at radius 3 is 2.33 bits per heavy atom. The molecular weight excluding hydrogens is 505 g/mol. The van der Waals surface area contributed by atoms with Gasteiger partial charge >= 0.3 is 0 Å². The molecule has 2 saturated heterocycles. The van der Waals surface area contributed by atoms with Crippen LogP contribution in [-0.2, 0) is 14.8 Å². The van der Waals surface area contributed by atoms with Crippen LogP contribution in [0.3, 0.4) is 0 Å². The van der Waals surface area contributed by atoms with Gasteiger partial charge in [-0.1, -0.05) is 40.9 Å². The van der Waals surface area contributed by atoms with Gasteiger partial charge in [0.1, 0.15) is 4.90 Å². The van der Waals surface area contributed by atoms with E-state index in [-0.39, 0.29) is 28.3 Å². The van der Waals surface area contributed by atoms with Gasteiger partial charge in [-0.3, -0.25) is 4.79 Å². The largest absolute Gasteiger partial charge is 0.368 e. The van der Waals surface area contributed by atoms with Gasteiger partial charge in [-0.15, -0.1) is 0 Å². The molecule has 0 N–H and O–H groups in total. The second-order valence-electron chi connectivity index (χ2n) is 8.52. The molecule has 0 unspecified atom stereocenters. The van der Waals surface area contributed by atoms with Crippen LogP contribution in [0.4, 0.5) is 5.69 Å². The predicted molar refractivity (Wildman–Crippen MR) is 133 cm³/mol. The van der Waals surface area contributed by atoms with Gasteiger partial charge in [-0.25, -0.2) is 8.42 Å². The van der Waals surface area contributed by atoms with E-state index in [1.165, 1.54) is 16.4 Å². The highest BCUT2D eigenvalue weighted by atomic mass is 35.5. The third-order valence-corrected chi connectivity index (χ3v) is 9.16. The van der Waals surface area contributed by atoms with Crippen LogP contribution in [0.15, 0.2) is 41.3 Å². The maximum atomic E-state index is 13.3. The van der Waals surface area contributed by atoms with E-state index >= 15 is 0 Å². The second kappa shape index (κ2) is 10.0. The highest BCUT2D eigenvalue weighted by Gasteiger charge is 2.36. The van der Waals surface area contributed by atoms with Gasteiger partial charge in [-0.2, -0.15) is 4.31 Å². The minimum atomic E-state index is -3.84. The summed E-state index contributed by atoms with van der Waals surface area (Å²) in [7, 11) is -3.84. The van der Waals surface area contributed by atoms with Crippen LogP contribution >= 0.6 is 34.8 Å². The summed E-state index contributed by atoms with van der Waals surface area (Å²) in [6.07, 6.45) is 1.29. The van der Waals surface area contributed by atoms with E-state index in [0.717, 1.165) is 11.3 Å². The quantitative estimate of drug-likeness (QED) is 0.575. The Morgan fingerprint density at radius 1 is 0.939 bits per heavy atom. The summed E-state index contributed by atoms with van der Waals surface area (Å²) >= 11 is 18.3. The number of carbonyl (C=O) groups is 1. The molecule has 0 aliphatic carbocycles. The molecule has 0 bridgehead atoms. The normalized spacial score (nSPS) is 20.2. The minimum Gasteiger partial charge on any atom is -0.368 e. The molecule has 2 heterocycles. The fraction of sp³-hybridized carbons (Fsp3) is 0.435.